The largest absolute Gasteiger partial charge is 0.398 e. The molecule has 0 saturated carbocycles. The fraction of sp³-hybridized carbons (Fsp3) is 0.600. The zero-order valence-corrected chi connectivity index (χ0v) is 11.8. The molecule has 0 N–H and O–H groups in total. The van der Waals surface area contributed by atoms with Gasteiger partial charge in [0.05, 0.1) is 0 Å². The van der Waals surface area contributed by atoms with Crippen LogP contribution in [0.4, 0.5) is 52.7 Å². The van der Waals surface area contributed by atoms with E-state index in [4.69, 9.17) is 0 Å². The van der Waals surface area contributed by atoms with Gasteiger partial charge in [0.2, 0.25) is 0 Å². The molecular formula is C10H8F12Si. The summed E-state index contributed by atoms with van der Waals surface area (Å²) in [6.45, 7) is 4.78. The summed E-state index contributed by atoms with van der Waals surface area (Å²) >= 11 is 0. The van der Waals surface area contributed by atoms with Crippen molar-refractivity contribution >= 4 is 8.07 Å². The van der Waals surface area contributed by atoms with Crippen LogP contribution >= 0.6 is 0 Å². The quantitative estimate of drug-likeness (QED) is 0.420. The third-order valence-electron chi connectivity index (χ3n) is 3.02. The van der Waals surface area contributed by atoms with Crippen molar-refractivity contribution in [3.8, 4) is 0 Å². The Bertz CT molecular complexity index is 367. The second-order valence-corrected chi connectivity index (χ2v) is 8.41. The lowest BCUT2D eigenvalue weighted by Crippen LogP contribution is -2.60. The first-order chi connectivity index (χ1) is 9.85. The number of hydrogen-bond donors (Lipinski definition) is 0. The third-order valence-corrected chi connectivity index (χ3v) is 7.74. The van der Waals surface area contributed by atoms with E-state index in [-0.39, 0.29) is 0 Å². The van der Waals surface area contributed by atoms with Gasteiger partial charge in [0.15, 0.2) is 19.2 Å². The van der Waals surface area contributed by atoms with Crippen LogP contribution in [-0.4, -0.2) is 32.8 Å². The van der Waals surface area contributed by atoms with Gasteiger partial charge in [0, 0.05) is 0 Å². The summed E-state index contributed by atoms with van der Waals surface area (Å²) in [4.78, 5) is 0. The van der Waals surface area contributed by atoms with Crippen LogP contribution in [0, 0.1) is 0 Å². The van der Waals surface area contributed by atoms with E-state index in [1.807, 2.05) is 0 Å². The standard InChI is InChI=1S/C10H8F12Si/c1-3-23(4-2,5(7(11,12)13)8(14,15)16)6(9(17,18)19)10(20,21)22/h3-6H,1-2H2. The first-order valence-electron chi connectivity index (χ1n) is 5.39. The van der Waals surface area contributed by atoms with E-state index < -0.39 is 55.3 Å². The van der Waals surface area contributed by atoms with Gasteiger partial charge in [-0.2, -0.15) is 52.7 Å². The van der Waals surface area contributed by atoms with Crippen LogP contribution in [0.5, 0.6) is 0 Å². The Morgan fingerprint density at radius 3 is 0.783 bits per heavy atom. The topological polar surface area (TPSA) is 0 Å². The lowest BCUT2D eigenvalue weighted by Gasteiger charge is -2.42. The molecule has 0 aromatic carbocycles. The molecule has 136 valence electrons. The van der Waals surface area contributed by atoms with E-state index in [0.29, 0.717) is 0 Å². The summed E-state index contributed by atoms with van der Waals surface area (Å²) in [5, 5.41) is 0. The van der Waals surface area contributed by atoms with Gasteiger partial charge in [-0.25, -0.2) is 0 Å². The second kappa shape index (κ2) is 6.05. The average Bonchev–Trinajstić information content (AvgIpc) is 2.19. The average molecular weight is 384 g/mol. The minimum atomic E-state index is -6.52. The molecule has 0 spiro atoms. The Labute approximate surface area is 122 Å². The van der Waals surface area contributed by atoms with E-state index in [9.17, 15) is 52.7 Å². The zero-order valence-electron chi connectivity index (χ0n) is 10.8. The van der Waals surface area contributed by atoms with Crippen LogP contribution in [0.1, 0.15) is 0 Å². The number of rotatable bonds is 4. The molecule has 0 amide bonds. The normalized spacial score (nSPS) is 15.2. The maximum atomic E-state index is 12.7. The van der Waals surface area contributed by atoms with Gasteiger partial charge in [-0.1, -0.05) is 11.4 Å². The SMILES string of the molecule is C=C[Si](C=C)(C(C(F)(F)F)C(F)(F)F)C(C(F)(F)F)C(F)(F)F. The van der Waals surface area contributed by atoms with Crippen LogP contribution in [0.15, 0.2) is 24.6 Å². The van der Waals surface area contributed by atoms with Crippen molar-refractivity contribution in [1.82, 2.24) is 0 Å². The summed E-state index contributed by atoms with van der Waals surface area (Å²) in [6.07, 6.45) is -25.6. The second-order valence-electron chi connectivity index (χ2n) is 4.44. The minimum Gasteiger partial charge on any atom is -0.171 e. The summed E-state index contributed by atoms with van der Waals surface area (Å²) in [5.41, 5.74) is -10.8. The molecule has 0 aliphatic heterocycles. The molecule has 0 aliphatic rings. The summed E-state index contributed by atoms with van der Waals surface area (Å²) in [7, 11) is -6.52. The first-order valence-corrected chi connectivity index (χ1v) is 7.70. The Morgan fingerprint density at radius 2 is 0.696 bits per heavy atom. The monoisotopic (exact) mass is 384 g/mol. The van der Waals surface area contributed by atoms with Gasteiger partial charge in [-0.3, -0.25) is 0 Å². The maximum absolute atomic E-state index is 12.7. The highest BCUT2D eigenvalue weighted by atomic mass is 28.3. The van der Waals surface area contributed by atoms with Gasteiger partial charge in [0.25, 0.3) is 0 Å². The van der Waals surface area contributed by atoms with Gasteiger partial charge in [-0.05, 0) is 0 Å². The van der Waals surface area contributed by atoms with Crippen LogP contribution < -0.4 is 0 Å². The van der Waals surface area contributed by atoms with Crippen molar-refractivity contribution in [2.24, 2.45) is 0 Å². The number of alkyl halides is 12. The van der Waals surface area contributed by atoms with Gasteiger partial charge in [0.1, 0.15) is 0 Å². The van der Waals surface area contributed by atoms with Crippen molar-refractivity contribution in [1.29, 1.82) is 0 Å². The molecule has 0 heterocycles. The first kappa shape index (κ1) is 21.9. The van der Waals surface area contributed by atoms with Gasteiger partial charge < -0.3 is 0 Å². The van der Waals surface area contributed by atoms with Crippen molar-refractivity contribution in [3.05, 3.63) is 24.6 Å². The molecule has 0 nitrogen and oxygen atoms in total. The number of halogens is 12. The molecule has 0 aromatic heterocycles. The van der Waals surface area contributed by atoms with Crippen LogP contribution in [-0.2, 0) is 0 Å². The van der Waals surface area contributed by atoms with Crippen LogP contribution in [0.3, 0.4) is 0 Å². The van der Waals surface area contributed by atoms with E-state index >= 15 is 0 Å². The molecule has 0 aliphatic carbocycles. The molecule has 0 radical (unpaired) electrons. The van der Waals surface area contributed by atoms with E-state index in [2.05, 4.69) is 13.2 Å². The fourth-order valence-corrected chi connectivity index (χ4v) is 5.94. The minimum absolute atomic E-state index is 0.530. The van der Waals surface area contributed by atoms with Gasteiger partial charge >= 0.3 is 24.7 Å². The van der Waals surface area contributed by atoms with Crippen molar-refractivity contribution < 1.29 is 52.7 Å². The van der Waals surface area contributed by atoms with Crippen LogP contribution in [0.25, 0.3) is 0 Å². The predicted octanol–water partition coefficient (Wildman–Crippen LogP) is 5.88. The molecular weight excluding hydrogens is 376 g/mol. The van der Waals surface area contributed by atoms with Crippen LogP contribution in [0.2, 0.25) is 11.1 Å². The van der Waals surface area contributed by atoms with Crippen molar-refractivity contribution in [2.75, 3.05) is 0 Å². The van der Waals surface area contributed by atoms with E-state index in [1.165, 1.54) is 0 Å². The molecule has 0 rings (SSSR count). The predicted molar refractivity (Wildman–Crippen MR) is 57.9 cm³/mol. The molecule has 0 aromatic rings. The van der Waals surface area contributed by atoms with Crippen molar-refractivity contribution in [2.45, 2.75) is 35.8 Å². The molecule has 0 unspecified atom stereocenters. The molecule has 23 heavy (non-hydrogen) atoms. The molecule has 0 fully saturated rings. The number of hydrogen-bond acceptors (Lipinski definition) is 0. The highest BCUT2D eigenvalue weighted by molar-refractivity contribution is 6.92. The maximum Gasteiger partial charge on any atom is 0.398 e. The summed E-state index contributed by atoms with van der Waals surface area (Å²) in [6, 6.07) is 0. The molecule has 0 bridgehead atoms. The van der Waals surface area contributed by atoms with Gasteiger partial charge in [-0.15, -0.1) is 13.2 Å². The summed E-state index contributed by atoms with van der Waals surface area (Å²) < 4.78 is 152. The lowest BCUT2D eigenvalue weighted by atomic mass is 10.4. The summed E-state index contributed by atoms with van der Waals surface area (Å²) in [5.74, 6) is 0. The highest BCUT2D eigenvalue weighted by Crippen LogP contribution is 2.61. The molecule has 0 saturated heterocycles. The Hall–Kier alpha value is -1.14. The van der Waals surface area contributed by atoms with E-state index in [1.54, 1.807) is 0 Å². The Balaban J connectivity index is 6.81. The molecule has 0 atom stereocenters. The Kier molecular flexibility index (Phi) is 5.75. The smallest absolute Gasteiger partial charge is 0.171 e. The lowest BCUT2D eigenvalue weighted by molar-refractivity contribution is -0.247. The zero-order chi connectivity index (χ0) is 19.1. The Morgan fingerprint density at radius 1 is 0.522 bits per heavy atom. The molecule has 13 heteroatoms. The third kappa shape index (κ3) is 4.44. The van der Waals surface area contributed by atoms with Crippen molar-refractivity contribution in [3.63, 3.8) is 0 Å². The highest BCUT2D eigenvalue weighted by Gasteiger charge is 2.76. The van der Waals surface area contributed by atoms with E-state index in [0.717, 1.165) is 0 Å². The fourth-order valence-electron chi connectivity index (χ4n) is 2.23.